The molecule has 6 nitrogen and oxygen atoms in total. The highest BCUT2D eigenvalue weighted by molar-refractivity contribution is 7.91. The van der Waals surface area contributed by atoms with Gasteiger partial charge in [-0.1, -0.05) is 11.6 Å². The van der Waals surface area contributed by atoms with Crippen LogP contribution in [0.2, 0.25) is 5.02 Å². The Morgan fingerprint density at radius 2 is 1.58 bits per heavy atom. The predicted octanol–water partition coefficient (Wildman–Crippen LogP) is 3.13. The zero-order valence-electron chi connectivity index (χ0n) is 14.2. The number of ether oxygens (including phenoxy) is 3. The highest BCUT2D eigenvalue weighted by Crippen LogP contribution is 2.17. The molecule has 0 aliphatic heterocycles. The van der Waals surface area contributed by atoms with Gasteiger partial charge in [-0.3, -0.25) is 4.79 Å². The average Bonchev–Trinajstić information content (AvgIpc) is 2.64. The molecule has 0 saturated heterocycles. The molecule has 0 atom stereocenters. The molecular weight excluding hydrogens is 380 g/mol. The van der Waals surface area contributed by atoms with Crippen molar-refractivity contribution in [2.75, 3.05) is 26.1 Å². The first-order chi connectivity index (χ1) is 12.4. The van der Waals surface area contributed by atoms with Crippen LogP contribution in [0.5, 0.6) is 11.5 Å². The van der Waals surface area contributed by atoms with Crippen LogP contribution in [0, 0.1) is 0 Å². The summed E-state index contributed by atoms with van der Waals surface area (Å²) >= 11 is 5.73. The third-order valence-electron chi connectivity index (χ3n) is 3.42. The summed E-state index contributed by atoms with van der Waals surface area (Å²) in [4.78, 5) is 11.8. The lowest BCUT2D eigenvalue weighted by molar-refractivity contribution is -0.143. The van der Waals surface area contributed by atoms with Crippen molar-refractivity contribution >= 4 is 27.4 Å². The van der Waals surface area contributed by atoms with Gasteiger partial charge in [0.15, 0.2) is 9.84 Å². The van der Waals surface area contributed by atoms with Gasteiger partial charge in [-0.15, -0.1) is 0 Å². The monoisotopic (exact) mass is 398 g/mol. The number of halogens is 1. The quantitative estimate of drug-likeness (QED) is 0.477. The summed E-state index contributed by atoms with van der Waals surface area (Å²) in [5.74, 6) is 0.408. The summed E-state index contributed by atoms with van der Waals surface area (Å²) in [7, 11) is -1.98. The Morgan fingerprint density at radius 3 is 2.19 bits per heavy atom. The van der Waals surface area contributed by atoms with Gasteiger partial charge in [-0.25, -0.2) is 8.42 Å². The summed E-state index contributed by atoms with van der Waals surface area (Å²) in [5.41, 5.74) is 0. The van der Waals surface area contributed by atoms with Gasteiger partial charge in [-0.05, 0) is 48.5 Å². The van der Waals surface area contributed by atoms with E-state index in [1.54, 1.807) is 31.4 Å². The van der Waals surface area contributed by atoms with E-state index >= 15 is 0 Å². The molecule has 2 aromatic carbocycles. The van der Waals surface area contributed by atoms with Gasteiger partial charge in [0.2, 0.25) is 0 Å². The summed E-state index contributed by atoms with van der Waals surface area (Å²) in [6, 6.07) is 12.8. The Bertz CT molecular complexity index is 816. The fraction of sp³-hybridized carbons (Fsp3) is 0.278. The Hall–Kier alpha value is -2.25. The number of carbonyl (C=O) groups excluding carboxylic acids is 1. The van der Waals surface area contributed by atoms with Gasteiger partial charge < -0.3 is 14.2 Å². The van der Waals surface area contributed by atoms with Crippen molar-refractivity contribution in [3.05, 3.63) is 53.6 Å². The van der Waals surface area contributed by atoms with E-state index < -0.39 is 15.8 Å². The van der Waals surface area contributed by atoms with Crippen LogP contribution in [0.4, 0.5) is 0 Å². The second-order valence-corrected chi connectivity index (χ2v) is 7.81. The van der Waals surface area contributed by atoms with Crippen LogP contribution in [-0.2, 0) is 19.4 Å². The molecule has 0 bridgehead atoms. The van der Waals surface area contributed by atoms with Gasteiger partial charge in [0.05, 0.1) is 24.2 Å². The molecule has 26 heavy (non-hydrogen) atoms. The van der Waals surface area contributed by atoms with Gasteiger partial charge in [0.25, 0.3) is 0 Å². The zero-order chi connectivity index (χ0) is 19.0. The fourth-order valence-corrected chi connectivity index (χ4v) is 3.38. The smallest absolute Gasteiger partial charge is 0.306 e. The number of hydrogen-bond donors (Lipinski definition) is 0. The van der Waals surface area contributed by atoms with Gasteiger partial charge in [0.1, 0.15) is 24.7 Å². The Balaban J connectivity index is 1.70. The number of hydrogen-bond acceptors (Lipinski definition) is 6. The van der Waals surface area contributed by atoms with Crippen LogP contribution in [0.15, 0.2) is 53.4 Å². The van der Waals surface area contributed by atoms with Crippen LogP contribution >= 0.6 is 11.6 Å². The molecule has 0 fully saturated rings. The molecule has 0 aromatic heterocycles. The van der Waals surface area contributed by atoms with Crippen molar-refractivity contribution in [2.24, 2.45) is 0 Å². The second-order valence-electron chi connectivity index (χ2n) is 5.27. The number of rotatable bonds is 9. The first-order valence-electron chi connectivity index (χ1n) is 7.81. The molecule has 0 saturated carbocycles. The van der Waals surface area contributed by atoms with Crippen LogP contribution in [0.25, 0.3) is 0 Å². The van der Waals surface area contributed by atoms with E-state index in [2.05, 4.69) is 0 Å². The lowest BCUT2D eigenvalue weighted by atomic mass is 10.3. The van der Waals surface area contributed by atoms with E-state index in [1.165, 1.54) is 24.3 Å². The lowest BCUT2D eigenvalue weighted by Gasteiger charge is -2.08. The minimum atomic E-state index is -3.55. The van der Waals surface area contributed by atoms with Crippen LogP contribution in [0.1, 0.15) is 6.42 Å². The molecule has 0 N–H and O–H groups in total. The molecule has 0 aliphatic rings. The highest BCUT2D eigenvalue weighted by Gasteiger charge is 2.17. The number of benzene rings is 2. The van der Waals surface area contributed by atoms with E-state index in [-0.39, 0.29) is 30.3 Å². The maximum atomic E-state index is 12.1. The van der Waals surface area contributed by atoms with Crippen LogP contribution < -0.4 is 9.47 Å². The third-order valence-corrected chi connectivity index (χ3v) is 5.41. The van der Waals surface area contributed by atoms with Gasteiger partial charge >= 0.3 is 5.97 Å². The Labute approximate surface area is 157 Å². The first-order valence-corrected chi connectivity index (χ1v) is 9.84. The molecule has 0 unspecified atom stereocenters. The molecule has 0 aliphatic carbocycles. The molecule has 0 radical (unpaired) electrons. The predicted molar refractivity (Wildman–Crippen MR) is 97.6 cm³/mol. The number of methoxy groups -OCH3 is 1. The standard InChI is InChI=1S/C18H19ClO6S/c1-23-15-4-6-16(7-5-15)24-11-12-25-18(20)10-13-26(21,22)17-8-2-14(19)3-9-17/h2-9H,10-13H2,1H3. The largest absolute Gasteiger partial charge is 0.497 e. The molecule has 2 rings (SSSR count). The highest BCUT2D eigenvalue weighted by atomic mass is 35.5. The van der Waals surface area contributed by atoms with Crippen LogP contribution in [-0.4, -0.2) is 40.5 Å². The Kier molecular flexibility index (Phi) is 7.29. The number of esters is 1. The molecule has 0 amide bonds. The molecule has 8 heteroatoms. The van der Waals surface area contributed by atoms with E-state index in [0.29, 0.717) is 16.5 Å². The van der Waals surface area contributed by atoms with Crippen molar-refractivity contribution < 1.29 is 27.4 Å². The Morgan fingerprint density at radius 1 is 0.962 bits per heavy atom. The second kappa shape index (κ2) is 9.45. The summed E-state index contributed by atoms with van der Waals surface area (Å²) in [5, 5.41) is 0.445. The van der Waals surface area contributed by atoms with E-state index in [9.17, 15) is 13.2 Å². The van der Waals surface area contributed by atoms with Crippen molar-refractivity contribution in [1.82, 2.24) is 0 Å². The van der Waals surface area contributed by atoms with Crippen molar-refractivity contribution in [2.45, 2.75) is 11.3 Å². The van der Waals surface area contributed by atoms with E-state index in [4.69, 9.17) is 25.8 Å². The molecule has 0 heterocycles. The summed E-state index contributed by atoms with van der Waals surface area (Å²) < 4.78 is 39.7. The van der Waals surface area contributed by atoms with E-state index in [1.807, 2.05) is 0 Å². The number of carbonyl (C=O) groups is 1. The molecule has 0 spiro atoms. The summed E-state index contributed by atoms with van der Waals surface area (Å²) in [6.07, 6.45) is -0.229. The van der Waals surface area contributed by atoms with Crippen molar-refractivity contribution in [1.29, 1.82) is 0 Å². The molecule has 140 valence electrons. The minimum absolute atomic E-state index is 0.0336. The normalized spacial score (nSPS) is 11.0. The third kappa shape index (κ3) is 6.24. The van der Waals surface area contributed by atoms with Crippen LogP contribution in [0.3, 0.4) is 0 Å². The first kappa shape index (κ1) is 20.1. The molecule has 2 aromatic rings. The molecular formula is C18H19ClO6S. The average molecular weight is 399 g/mol. The zero-order valence-corrected chi connectivity index (χ0v) is 15.8. The van der Waals surface area contributed by atoms with Crippen molar-refractivity contribution in [3.63, 3.8) is 0 Å². The van der Waals surface area contributed by atoms with Gasteiger partial charge in [-0.2, -0.15) is 0 Å². The maximum absolute atomic E-state index is 12.1. The fourth-order valence-electron chi connectivity index (χ4n) is 2.04. The lowest BCUT2D eigenvalue weighted by Crippen LogP contribution is -2.16. The van der Waals surface area contributed by atoms with Crippen molar-refractivity contribution in [3.8, 4) is 11.5 Å². The number of sulfone groups is 1. The van der Waals surface area contributed by atoms with Gasteiger partial charge in [0, 0.05) is 5.02 Å². The minimum Gasteiger partial charge on any atom is -0.497 e. The SMILES string of the molecule is COc1ccc(OCCOC(=O)CCS(=O)(=O)c2ccc(Cl)cc2)cc1. The summed E-state index contributed by atoms with van der Waals surface area (Å²) in [6.45, 7) is 0.202. The topological polar surface area (TPSA) is 78.9 Å². The maximum Gasteiger partial charge on any atom is 0.306 e. The van der Waals surface area contributed by atoms with E-state index in [0.717, 1.165) is 0 Å².